The van der Waals surface area contributed by atoms with E-state index in [1.54, 1.807) is 38.3 Å². The Balaban J connectivity index is 1.86. The van der Waals surface area contributed by atoms with E-state index in [-0.39, 0.29) is 13.2 Å². The van der Waals surface area contributed by atoms with Crippen molar-refractivity contribution in [1.82, 2.24) is 5.32 Å². The highest BCUT2D eigenvalue weighted by Crippen LogP contribution is 2.12. The predicted molar refractivity (Wildman–Crippen MR) is 95.9 cm³/mol. The number of nitrogens with one attached hydrogen (secondary N) is 2. The molecule has 26 heavy (non-hydrogen) atoms. The second kappa shape index (κ2) is 9.22. The van der Waals surface area contributed by atoms with E-state index in [4.69, 9.17) is 9.47 Å². The van der Waals surface area contributed by atoms with Crippen LogP contribution >= 0.6 is 0 Å². The van der Waals surface area contributed by atoms with Crippen LogP contribution in [0.2, 0.25) is 0 Å². The van der Waals surface area contributed by atoms with Gasteiger partial charge in [0.1, 0.15) is 5.75 Å². The van der Waals surface area contributed by atoms with Gasteiger partial charge in [0, 0.05) is 12.2 Å². The van der Waals surface area contributed by atoms with E-state index in [0.717, 1.165) is 5.56 Å². The lowest BCUT2D eigenvalue weighted by Crippen LogP contribution is -2.34. The molecule has 0 unspecified atom stereocenters. The van der Waals surface area contributed by atoms with Gasteiger partial charge in [0.05, 0.1) is 19.3 Å². The first-order chi connectivity index (χ1) is 12.5. The van der Waals surface area contributed by atoms with E-state index in [1.165, 1.54) is 24.3 Å². The molecular weight excluding hydrogens is 336 g/mol. The summed E-state index contributed by atoms with van der Waals surface area (Å²) < 4.78 is 9.93. The van der Waals surface area contributed by atoms with Gasteiger partial charge in [-0.25, -0.2) is 4.79 Å². The van der Waals surface area contributed by atoms with Gasteiger partial charge in [-0.2, -0.15) is 0 Å². The Kier molecular flexibility index (Phi) is 6.73. The number of carbonyl (C=O) groups is 3. The zero-order valence-electron chi connectivity index (χ0n) is 14.6. The van der Waals surface area contributed by atoms with Crippen molar-refractivity contribution in [3.8, 4) is 5.75 Å². The average Bonchev–Trinajstić information content (AvgIpc) is 2.67. The number of esters is 1. The molecule has 2 N–H and O–H groups in total. The SMILES string of the molecule is CCOC(=O)c1ccc(NC(=O)C(=O)NCc2ccc(OC)cc2)cc1. The molecule has 2 rings (SSSR count). The first kappa shape index (κ1) is 19.0. The number of benzene rings is 2. The number of amides is 2. The maximum absolute atomic E-state index is 11.9. The van der Waals surface area contributed by atoms with E-state index < -0.39 is 17.8 Å². The summed E-state index contributed by atoms with van der Waals surface area (Å²) in [6.07, 6.45) is 0. The van der Waals surface area contributed by atoms with Crippen LogP contribution in [0.25, 0.3) is 0 Å². The number of hydrogen-bond donors (Lipinski definition) is 2. The minimum atomic E-state index is -0.789. The lowest BCUT2D eigenvalue weighted by Gasteiger charge is -2.08. The van der Waals surface area contributed by atoms with Gasteiger partial charge in [-0.3, -0.25) is 9.59 Å². The highest BCUT2D eigenvalue weighted by Gasteiger charge is 2.14. The Morgan fingerprint density at radius 3 is 2.15 bits per heavy atom. The normalized spacial score (nSPS) is 9.92. The topological polar surface area (TPSA) is 93.7 Å². The van der Waals surface area contributed by atoms with Crippen LogP contribution in [0.15, 0.2) is 48.5 Å². The average molecular weight is 356 g/mol. The van der Waals surface area contributed by atoms with Crippen molar-refractivity contribution in [2.75, 3.05) is 19.0 Å². The Morgan fingerprint density at radius 1 is 0.923 bits per heavy atom. The minimum Gasteiger partial charge on any atom is -0.497 e. The standard InChI is InChI=1S/C19H20N2O5/c1-3-26-19(24)14-6-8-15(9-7-14)21-18(23)17(22)20-12-13-4-10-16(25-2)11-5-13/h4-11H,3,12H2,1-2H3,(H,20,22)(H,21,23). The van der Waals surface area contributed by atoms with E-state index in [0.29, 0.717) is 17.0 Å². The first-order valence-electron chi connectivity index (χ1n) is 8.02. The third kappa shape index (κ3) is 5.34. The van der Waals surface area contributed by atoms with Gasteiger partial charge < -0.3 is 20.1 Å². The van der Waals surface area contributed by atoms with Gasteiger partial charge in [-0.15, -0.1) is 0 Å². The highest BCUT2D eigenvalue weighted by molar-refractivity contribution is 6.39. The van der Waals surface area contributed by atoms with E-state index >= 15 is 0 Å². The van der Waals surface area contributed by atoms with E-state index in [1.807, 2.05) is 0 Å². The summed E-state index contributed by atoms with van der Waals surface area (Å²) in [5, 5.41) is 5.01. The van der Waals surface area contributed by atoms with Crippen LogP contribution in [0.5, 0.6) is 5.75 Å². The lowest BCUT2D eigenvalue weighted by molar-refractivity contribution is -0.136. The lowest BCUT2D eigenvalue weighted by atomic mass is 10.2. The number of anilines is 1. The Morgan fingerprint density at radius 2 is 1.58 bits per heavy atom. The van der Waals surface area contributed by atoms with Gasteiger partial charge >= 0.3 is 17.8 Å². The molecule has 0 aliphatic carbocycles. The van der Waals surface area contributed by atoms with Crippen molar-refractivity contribution < 1.29 is 23.9 Å². The van der Waals surface area contributed by atoms with Crippen LogP contribution in [-0.4, -0.2) is 31.5 Å². The first-order valence-corrected chi connectivity index (χ1v) is 8.02. The van der Waals surface area contributed by atoms with Crippen molar-refractivity contribution >= 4 is 23.5 Å². The maximum Gasteiger partial charge on any atom is 0.338 e. The van der Waals surface area contributed by atoms with Gasteiger partial charge in [-0.05, 0) is 48.9 Å². The van der Waals surface area contributed by atoms with Crippen LogP contribution in [0.1, 0.15) is 22.8 Å². The van der Waals surface area contributed by atoms with Crippen LogP contribution in [0.3, 0.4) is 0 Å². The molecule has 7 nitrogen and oxygen atoms in total. The minimum absolute atomic E-state index is 0.220. The second-order valence-electron chi connectivity index (χ2n) is 5.28. The molecule has 0 saturated heterocycles. The third-order valence-corrected chi connectivity index (χ3v) is 3.47. The molecule has 0 fully saturated rings. The van der Waals surface area contributed by atoms with Crippen LogP contribution in [0, 0.1) is 0 Å². The summed E-state index contributed by atoms with van der Waals surface area (Å²) in [6, 6.07) is 13.2. The van der Waals surface area contributed by atoms with Crippen LogP contribution in [-0.2, 0) is 20.9 Å². The summed E-state index contributed by atoms with van der Waals surface area (Å²) in [5.41, 5.74) is 1.61. The second-order valence-corrected chi connectivity index (χ2v) is 5.28. The van der Waals surface area contributed by atoms with Gasteiger partial charge in [0.25, 0.3) is 0 Å². The smallest absolute Gasteiger partial charge is 0.338 e. The number of methoxy groups -OCH3 is 1. The molecule has 0 spiro atoms. The summed E-state index contributed by atoms with van der Waals surface area (Å²) in [4.78, 5) is 35.4. The van der Waals surface area contributed by atoms with Gasteiger partial charge in [0.15, 0.2) is 0 Å². The molecule has 0 bridgehead atoms. The zero-order valence-corrected chi connectivity index (χ0v) is 14.6. The quantitative estimate of drug-likeness (QED) is 0.611. The molecule has 0 atom stereocenters. The Labute approximate surface area is 151 Å². The molecule has 2 aromatic rings. The third-order valence-electron chi connectivity index (χ3n) is 3.47. The van der Waals surface area contributed by atoms with Crippen molar-refractivity contribution in [2.45, 2.75) is 13.5 Å². The fourth-order valence-corrected chi connectivity index (χ4v) is 2.10. The highest BCUT2D eigenvalue weighted by atomic mass is 16.5. The molecule has 7 heteroatoms. The van der Waals surface area contributed by atoms with E-state index in [9.17, 15) is 14.4 Å². The number of ether oxygens (including phenoxy) is 2. The molecule has 0 heterocycles. The summed E-state index contributed by atoms with van der Waals surface area (Å²) in [5.74, 6) is -1.27. The monoisotopic (exact) mass is 356 g/mol. The number of hydrogen-bond acceptors (Lipinski definition) is 5. The van der Waals surface area contributed by atoms with Crippen molar-refractivity contribution in [2.24, 2.45) is 0 Å². The van der Waals surface area contributed by atoms with Crippen molar-refractivity contribution in [3.63, 3.8) is 0 Å². The molecule has 0 aliphatic rings. The molecule has 0 saturated carbocycles. The van der Waals surface area contributed by atoms with Crippen molar-refractivity contribution in [1.29, 1.82) is 0 Å². The van der Waals surface area contributed by atoms with Gasteiger partial charge in [-0.1, -0.05) is 12.1 Å². The molecule has 2 amide bonds. The summed E-state index contributed by atoms with van der Waals surface area (Å²) in [6.45, 7) is 2.22. The Bertz CT molecular complexity index is 770. The molecule has 2 aromatic carbocycles. The van der Waals surface area contributed by atoms with Gasteiger partial charge in [0.2, 0.25) is 0 Å². The fraction of sp³-hybridized carbons (Fsp3) is 0.211. The summed E-state index contributed by atoms with van der Waals surface area (Å²) >= 11 is 0. The predicted octanol–water partition coefficient (Wildman–Crippen LogP) is 2.13. The molecule has 0 radical (unpaired) electrons. The van der Waals surface area contributed by atoms with Crippen molar-refractivity contribution in [3.05, 3.63) is 59.7 Å². The molecule has 0 aliphatic heterocycles. The molecule has 136 valence electrons. The van der Waals surface area contributed by atoms with Crippen LogP contribution in [0.4, 0.5) is 5.69 Å². The zero-order chi connectivity index (χ0) is 18.9. The summed E-state index contributed by atoms with van der Waals surface area (Å²) in [7, 11) is 1.57. The molecule has 0 aromatic heterocycles. The maximum atomic E-state index is 11.9. The van der Waals surface area contributed by atoms with E-state index in [2.05, 4.69) is 10.6 Å². The van der Waals surface area contributed by atoms with Crippen LogP contribution < -0.4 is 15.4 Å². The number of rotatable bonds is 6. The fourth-order valence-electron chi connectivity index (χ4n) is 2.10. The number of carbonyl (C=O) groups excluding carboxylic acids is 3. The Hall–Kier alpha value is -3.35. The molecular formula is C19H20N2O5. The largest absolute Gasteiger partial charge is 0.497 e.